The second kappa shape index (κ2) is 6.53. The van der Waals surface area contributed by atoms with Crippen LogP contribution in [0, 0.1) is 6.92 Å². The van der Waals surface area contributed by atoms with E-state index in [0.29, 0.717) is 6.54 Å². The lowest BCUT2D eigenvalue weighted by molar-refractivity contribution is 0.130. The molecule has 0 aromatic heterocycles. The first kappa shape index (κ1) is 13.8. The highest BCUT2D eigenvalue weighted by atomic mass is 35.5. The van der Waals surface area contributed by atoms with E-state index in [1.807, 2.05) is 12.1 Å². The Kier molecular flexibility index (Phi) is 5.01. The van der Waals surface area contributed by atoms with Gasteiger partial charge in [-0.05, 0) is 43.0 Å². The first-order valence-electron chi connectivity index (χ1n) is 6.68. The Morgan fingerprint density at radius 2 is 2.06 bits per heavy atom. The standard InChI is InChI=1S/C14H22ClN3/c1-11-9-12(15)5-6-13(11)14(10-16)17-18-7-3-2-4-8-18/h5-6,9,14,17H,2-4,7-8,10,16H2,1H3. The van der Waals surface area contributed by atoms with Crippen molar-refractivity contribution in [3.05, 3.63) is 34.3 Å². The average molecular weight is 268 g/mol. The second-order valence-electron chi connectivity index (χ2n) is 4.97. The molecular weight excluding hydrogens is 246 g/mol. The Morgan fingerprint density at radius 3 is 2.67 bits per heavy atom. The molecule has 1 aliphatic rings. The van der Waals surface area contributed by atoms with E-state index in [0.717, 1.165) is 18.1 Å². The minimum atomic E-state index is 0.181. The number of benzene rings is 1. The maximum atomic E-state index is 5.99. The molecule has 1 saturated heterocycles. The Bertz CT molecular complexity index is 389. The number of piperidine rings is 1. The summed E-state index contributed by atoms with van der Waals surface area (Å²) >= 11 is 5.99. The van der Waals surface area contributed by atoms with Gasteiger partial charge in [-0.25, -0.2) is 10.4 Å². The molecule has 0 spiro atoms. The summed E-state index contributed by atoms with van der Waals surface area (Å²) in [5.41, 5.74) is 11.9. The van der Waals surface area contributed by atoms with E-state index in [2.05, 4.69) is 23.4 Å². The molecule has 0 aliphatic carbocycles. The van der Waals surface area contributed by atoms with E-state index in [4.69, 9.17) is 17.3 Å². The van der Waals surface area contributed by atoms with Gasteiger partial charge in [0.25, 0.3) is 0 Å². The van der Waals surface area contributed by atoms with Gasteiger partial charge in [-0.15, -0.1) is 0 Å². The van der Waals surface area contributed by atoms with E-state index in [9.17, 15) is 0 Å². The Morgan fingerprint density at radius 1 is 1.33 bits per heavy atom. The molecule has 1 aromatic carbocycles. The molecule has 2 rings (SSSR count). The van der Waals surface area contributed by atoms with Crippen molar-refractivity contribution in [3.63, 3.8) is 0 Å². The first-order chi connectivity index (χ1) is 8.70. The molecule has 0 radical (unpaired) electrons. The molecule has 1 atom stereocenters. The molecule has 100 valence electrons. The lowest BCUT2D eigenvalue weighted by Crippen LogP contribution is -2.45. The molecule has 4 heteroatoms. The summed E-state index contributed by atoms with van der Waals surface area (Å²) in [4.78, 5) is 0. The molecule has 1 heterocycles. The smallest absolute Gasteiger partial charge is 0.0589 e. The van der Waals surface area contributed by atoms with Crippen molar-refractivity contribution in [2.75, 3.05) is 19.6 Å². The van der Waals surface area contributed by atoms with Gasteiger partial charge in [0, 0.05) is 24.7 Å². The third-order valence-electron chi connectivity index (χ3n) is 3.54. The SMILES string of the molecule is Cc1cc(Cl)ccc1C(CN)NN1CCCCC1. The lowest BCUT2D eigenvalue weighted by atomic mass is 10.0. The van der Waals surface area contributed by atoms with E-state index < -0.39 is 0 Å². The highest BCUT2D eigenvalue weighted by Crippen LogP contribution is 2.21. The topological polar surface area (TPSA) is 41.3 Å². The quantitative estimate of drug-likeness (QED) is 0.881. The summed E-state index contributed by atoms with van der Waals surface area (Å²) < 4.78 is 0. The van der Waals surface area contributed by atoms with Crippen molar-refractivity contribution in [2.45, 2.75) is 32.2 Å². The molecule has 18 heavy (non-hydrogen) atoms. The fourth-order valence-corrected chi connectivity index (χ4v) is 2.75. The normalized spacial score (nSPS) is 18.8. The van der Waals surface area contributed by atoms with E-state index >= 15 is 0 Å². The van der Waals surface area contributed by atoms with Crippen molar-refractivity contribution in [3.8, 4) is 0 Å². The van der Waals surface area contributed by atoms with Crippen molar-refractivity contribution >= 4 is 11.6 Å². The number of hydrogen-bond donors (Lipinski definition) is 2. The van der Waals surface area contributed by atoms with Crippen molar-refractivity contribution in [1.29, 1.82) is 0 Å². The van der Waals surface area contributed by atoms with Crippen LogP contribution in [0.5, 0.6) is 0 Å². The largest absolute Gasteiger partial charge is 0.329 e. The minimum Gasteiger partial charge on any atom is -0.329 e. The number of rotatable bonds is 4. The maximum absolute atomic E-state index is 5.99. The van der Waals surface area contributed by atoms with Crippen LogP contribution in [0.1, 0.15) is 36.4 Å². The third-order valence-corrected chi connectivity index (χ3v) is 3.77. The maximum Gasteiger partial charge on any atom is 0.0589 e. The summed E-state index contributed by atoms with van der Waals surface area (Å²) in [5.74, 6) is 0. The van der Waals surface area contributed by atoms with Gasteiger partial charge in [-0.1, -0.05) is 24.1 Å². The summed E-state index contributed by atoms with van der Waals surface area (Å²) in [7, 11) is 0. The van der Waals surface area contributed by atoms with Crippen LogP contribution in [0.2, 0.25) is 5.02 Å². The summed E-state index contributed by atoms with van der Waals surface area (Å²) in [6, 6.07) is 6.19. The van der Waals surface area contributed by atoms with Crippen LogP contribution in [-0.2, 0) is 0 Å². The number of nitrogens with one attached hydrogen (secondary N) is 1. The summed E-state index contributed by atoms with van der Waals surface area (Å²) in [6.45, 7) is 4.91. The lowest BCUT2D eigenvalue weighted by Gasteiger charge is -2.32. The predicted molar refractivity (Wildman–Crippen MR) is 76.5 cm³/mol. The van der Waals surface area contributed by atoms with Crippen LogP contribution < -0.4 is 11.2 Å². The highest BCUT2D eigenvalue weighted by Gasteiger charge is 2.17. The second-order valence-corrected chi connectivity index (χ2v) is 5.40. The van der Waals surface area contributed by atoms with Crippen LogP contribution in [0.25, 0.3) is 0 Å². The van der Waals surface area contributed by atoms with Gasteiger partial charge in [0.1, 0.15) is 0 Å². The van der Waals surface area contributed by atoms with Crippen molar-refractivity contribution in [1.82, 2.24) is 10.4 Å². The predicted octanol–water partition coefficient (Wildman–Crippen LogP) is 2.64. The van der Waals surface area contributed by atoms with E-state index in [1.54, 1.807) is 0 Å². The molecular formula is C14H22ClN3. The van der Waals surface area contributed by atoms with Gasteiger partial charge in [0.05, 0.1) is 6.04 Å². The first-order valence-corrected chi connectivity index (χ1v) is 7.05. The highest BCUT2D eigenvalue weighted by molar-refractivity contribution is 6.30. The number of nitrogens with zero attached hydrogens (tertiary/aromatic N) is 1. The van der Waals surface area contributed by atoms with Crippen LogP contribution in [0.15, 0.2) is 18.2 Å². The summed E-state index contributed by atoms with van der Waals surface area (Å²) in [5, 5.41) is 3.08. The van der Waals surface area contributed by atoms with E-state index in [1.165, 1.54) is 30.4 Å². The van der Waals surface area contributed by atoms with Crippen molar-refractivity contribution in [2.24, 2.45) is 5.73 Å². The monoisotopic (exact) mass is 267 g/mol. The number of hydrogen-bond acceptors (Lipinski definition) is 3. The van der Waals surface area contributed by atoms with E-state index in [-0.39, 0.29) is 6.04 Å². The van der Waals surface area contributed by atoms with Gasteiger partial charge >= 0.3 is 0 Å². The Balaban J connectivity index is 2.07. The third kappa shape index (κ3) is 3.45. The fourth-order valence-electron chi connectivity index (χ4n) is 2.52. The van der Waals surface area contributed by atoms with Crippen molar-refractivity contribution < 1.29 is 0 Å². The Hall–Kier alpha value is -0.610. The van der Waals surface area contributed by atoms with Gasteiger partial charge in [0.2, 0.25) is 0 Å². The zero-order chi connectivity index (χ0) is 13.0. The Labute approximate surface area is 114 Å². The molecule has 1 unspecified atom stereocenters. The molecule has 0 amide bonds. The zero-order valence-electron chi connectivity index (χ0n) is 11.0. The fraction of sp³-hybridized carbons (Fsp3) is 0.571. The van der Waals surface area contributed by atoms with Gasteiger partial charge in [0.15, 0.2) is 0 Å². The van der Waals surface area contributed by atoms with Crippen LogP contribution in [0.3, 0.4) is 0 Å². The van der Waals surface area contributed by atoms with Gasteiger partial charge in [-0.2, -0.15) is 0 Å². The average Bonchev–Trinajstić information content (AvgIpc) is 2.38. The number of halogens is 1. The van der Waals surface area contributed by atoms with Crippen LogP contribution in [0.4, 0.5) is 0 Å². The van der Waals surface area contributed by atoms with Crippen LogP contribution >= 0.6 is 11.6 Å². The number of aryl methyl sites for hydroxylation is 1. The zero-order valence-corrected chi connectivity index (χ0v) is 11.7. The summed E-state index contributed by atoms with van der Waals surface area (Å²) in [6.07, 6.45) is 3.87. The minimum absolute atomic E-state index is 0.181. The molecule has 3 nitrogen and oxygen atoms in total. The van der Waals surface area contributed by atoms with Gasteiger partial charge in [-0.3, -0.25) is 0 Å². The molecule has 1 fully saturated rings. The molecule has 1 aliphatic heterocycles. The molecule has 1 aromatic rings. The number of nitrogens with two attached hydrogens (primary N) is 1. The molecule has 0 bridgehead atoms. The van der Waals surface area contributed by atoms with Gasteiger partial charge < -0.3 is 5.73 Å². The number of hydrazine groups is 1. The molecule has 3 N–H and O–H groups in total. The van der Waals surface area contributed by atoms with Crippen LogP contribution in [-0.4, -0.2) is 24.6 Å². The molecule has 0 saturated carbocycles.